The van der Waals surface area contributed by atoms with E-state index in [2.05, 4.69) is 15.5 Å². The first-order valence-electron chi connectivity index (χ1n) is 7.16. The Balaban J connectivity index is 2.05. The number of hydrogen-bond acceptors (Lipinski definition) is 7. The highest BCUT2D eigenvalue weighted by molar-refractivity contribution is 5.68. The highest BCUT2D eigenvalue weighted by Crippen LogP contribution is 2.36. The molecule has 7 nitrogen and oxygen atoms in total. The predicted octanol–water partition coefficient (Wildman–Crippen LogP) is 2.59. The van der Waals surface area contributed by atoms with E-state index in [0.29, 0.717) is 42.1 Å². The molecule has 0 aliphatic rings. The van der Waals surface area contributed by atoms with Crippen molar-refractivity contribution in [3.8, 4) is 22.9 Å². The van der Waals surface area contributed by atoms with Crippen molar-refractivity contribution in [2.24, 2.45) is 0 Å². The lowest BCUT2D eigenvalue weighted by atomic mass is 10.2. The van der Waals surface area contributed by atoms with Crippen molar-refractivity contribution < 1.29 is 18.7 Å². The number of aromatic nitrogens is 2. The maximum atomic E-state index is 5.37. The number of para-hydroxylation sites is 1. The molecule has 0 saturated heterocycles. The van der Waals surface area contributed by atoms with Crippen molar-refractivity contribution in [2.45, 2.75) is 13.3 Å². The van der Waals surface area contributed by atoms with Crippen LogP contribution < -0.4 is 14.8 Å². The molecule has 0 aliphatic heterocycles. The fourth-order valence-electron chi connectivity index (χ4n) is 1.98. The van der Waals surface area contributed by atoms with Crippen LogP contribution in [0.15, 0.2) is 22.7 Å². The number of rotatable bonds is 9. The fraction of sp³-hybridized carbons (Fsp3) is 0.467. The molecule has 0 atom stereocenters. The average Bonchev–Trinajstić information content (AvgIpc) is 3.02. The van der Waals surface area contributed by atoms with E-state index >= 15 is 0 Å². The van der Waals surface area contributed by atoms with Gasteiger partial charge < -0.3 is 24.1 Å². The van der Waals surface area contributed by atoms with Crippen LogP contribution in [0.3, 0.4) is 0 Å². The van der Waals surface area contributed by atoms with Gasteiger partial charge in [0, 0.05) is 19.8 Å². The van der Waals surface area contributed by atoms with E-state index in [-0.39, 0.29) is 0 Å². The highest BCUT2D eigenvalue weighted by Gasteiger charge is 2.16. The van der Waals surface area contributed by atoms with Gasteiger partial charge >= 0.3 is 6.01 Å². The zero-order valence-corrected chi connectivity index (χ0v) is 13.1. The molecule has 22 heavy (non-hydrogen) atoms. The molecule has 1 aromatic carbocycles. The van der Waals surface area contributed by atoms with Gasteiger partial charge in [0.2, 0.25) is 5.82 Å². The van der Waals surface area contributed by atoms with Gasteiger partial charge in [0.25, 0.3) is 0 Å². The van der Waals surface area contributed by atoms with E-state index in [0.717, 1.165) is 13.0 Å². The molecule has 1 heterocycles. The summed E-state index contributed by atoms with van der Waals surface area (Å²) in [5, 5.41) is 7.04. The van der Waals surface area contributed by atoms with Crippen molar-refractivity contribution in [3.63, 3.8) is 0 Å². The van der Waals surface area contributed by atoms with E-state index in [4.69, 9.17) is 18.7 Å². The second-order valence-corrected chi connectivity index (χ2v) is 4.44. The minimum Gasteiger partial charge on any atom is -0.493 e. The van der Waals surface area contributed by atoms with Crippen LogP contribution in [0.1, 0.15) is 13.3 Å². The predicted molar refractivity (Wildman–Crippen MR) is 82.4 cm³/mol. The standard InChI is InChI=1S/C15H21N3O4/c1-4-21-10-6-9-16-15-17-14(18-22-15)11-7-5-8-12(19-2)13(11)20-3/h5,7-8H,4,6,9-10H2,1-3H3,(H,16,17,18). The van der Waals surface area contributed by atoms with Crippen LogP contribution >= 0.6 is 0 Å². The molecule has 2 rings (SSSR count). The van der Waals surface area contributed by atoms with Gasteiger partial charge in [0.15, 0.2) is 11.5 Å². The second kappa shape index (κ2) is 8.23. The third-order valence-electron chi connectivity index (χ3n) is 3.02. The summed E-state index contributed by atoms with van der Waals surface area (Å²) in [6.07, 6.45) is 0.869. The Bertz CT molecular complexity index is 586. The summed E-state index contributed by atoms with van der Waals surface area (Å²) >= 11 is 0. The maximum Gasteiger partial charge on any atom is 0.321 e. The Morgan fingerprint density at radius 2 is 2.09 bits per heavy atom. The van der Waals surface area contributed by atoms with Gasteiger partial charge in [0.1, 0.15) is 0 Å². The van der Waals surface area contributed by atoms with E-state index in [1.54, 1.807) is 14.2 Å². The molecule has 0 spiro atoms. The first kappa shape index (κ1) is 16.1. The molecule has 2 aromatic rings. The molecule has 1 aromatic heterocycles. The minimum absolute atomic E-state index is 0.372. The van der Waals surface area contributed by atoms with E-state index in [1.165, 1.54) is 0 Å². The molecular formula is C15H21N3O4. The lowest BCUT2D eigenvalue weighted by molar-refractivity contribution is 0.147. The Morgan fingerprint density at radius 3 is 2.82 bits per heavy atom. The van der Waals surface area contributed by atoms with E-state index in [9.17, 15) is 0 Å². The van der Waals surface area contributed by atoms with Gasteiger partial charge in [-0.05, 0) is 25.5 Å². The first-order chi connectivity index (χ1) is 10.8. The quantitative estimate of drug-likeness (QED) is 0.713. The maximum absolute atomic E-state index is 5.37. The van der Waals surface area contributed by atoms with Gasteiger partial charge in [-0.1, -0.05) is 11.2 Å². The molecule has 0 unspecified atom stereocenters. The molecule has 0 radical (unpaired) electrons. The summed E-state index contributed by atoms with van der Waals surface area (Å²) < 4.78 is 21.1. The monoisotopic (exact) mass is 307 g/mol. The Labute approximate surface area is 129 Å². The molecule has 0 fully saturated rings. The fourth-order valence-corrected chi connectivity index (χ4v) is 1.98. The number of methoxy groups -OCH3 is 2. The smallest absolute Gasteiger partial charge is 0.321 e. The molecule has 0 saturated carbocycles. The van der Waals surface area contributed by atoms with Crippen LogP contribution in [0.25, 0.3) is 11.4 Å². The van der Waals surface area contributed by atoms with Crippen LogP contribution in [0, 0.1) is 0 Å². The first-order valence-corrected chi connectivity index (χ1v) is 7.16. The van der Waals surface area contributed by atoms with Crippen molar-refractivity contribution in [3.05, 3.63) is 18.2 Å². The highest BCUT2D eigenvalue weighted by atomic mass is 16.5. The number of nitrogens with one attached hydrogen (secondary N) is 1. The molecule has 0 bridgehead atoms. The third kappa shape index (κ3) is 3.88. The van der Waals surface area contributed by atoms with E-state index in [1.807, 2.05) is 25.1 Å². The van der Waals surface area contributed by atoms with E-state index < -0.39 is 0 Å². The Morgan fingerprint density at radius 1 is 1.23 bits per heavy atom. The summed E-state index contributed by atoms with van der Waals surface area (Å²) in [5.41, 5.74) is 0.716. The van der Waals surface area contributed by atoms with Crippen LogP contribution in [-0.2, 0) is 4.74 Å². The molecular weight excluding hydrogens is 286 g/mol. The number of hydrogen-bond donors (Lipinski definition) is 1. The normalized spacial score (nSPS) is 10.5. The summed E-state index contributed by atoms with van der Waals surface area (Å²) in [4.78, 5) is 4.32. The summed E-state index contributed by atoms with van der Waals surface area (Å²) in [5.74, 6) is 1.65. The van der Waals surface area contributed by atoms with Gasteiger partial charge in [-0.15, -0.1) is 0 Å². The van der Waals surface area contributed by atoms with Gasteiger partial charge in [-0.2, -0.15) is 4.98 Å². The molecule has 0 aliphatic carbocycles. The summed E-state index contributed by atoms with van der Waals surface area (Å²) in [7, 11) is 3.16. The van der Waals surface area contributed by atoms with Crippen LogP contribution in [0.5, 0.6) is 11.5 Å². The molecule has 7 heteroatoms. The number of ether oxygens (including phenoxy) is 3. The lowest BCUT2D eigenvalue weighted by Gasteiger charge is -2.09. The number of nitrogens with zero attached hydrogens (tertiary/aromatic N) is 2. The number of anilines is 1. The van der Waals surface area contributed by atoms with Crippen LogP contribution in [0.2, 0.25) is 0 Å². The van der Waals surface area contributed by atoms with Crippen molar-refractivity contribution in [1.29, 1.82) is 0 Å². The second-order valence-electron chi connectivity index (χ2n) is 4.44. The zero-order valence-electron chi connectivity index (χ0n) is 13.1. The van der Waals surface area contributed by atoms with Crippen molar-refractivity contribution in [1.82, 2.24) is 10.1 Å². The van der Waals surface area contributed by atoms with Gasteiger partial charge in [0.05, 0.1) is 19.8 Å². The van der Waals surface area contributed by atoms with Gasteiger partial charge in [-0.3, -0.25) is 0 Å². The Hall–Kier alpha value is -2.28. The average molecular weight is 307 g/mol. The largest absolute Gasteiger partial charge is 0.493 e. The van der Waals surface area contributed by atoms with Gasteiger partial charge in [-0.25, -0.2) is 0 Å². The Kier molecular flexibility index (Phi) is 6.02. The molecule has 0 amide bonds. The SMILES string of the molecule is CCOCCCNc1nc(-c2cccc(OC)c2OC)no1. The molecule has 120 valence electrons. The summed E-state index contributed by atoms with van der Waals surface area (Å²) in [6, 6.07) is 5.89. The van der Waals surface area contributed by atoms with Crippen molar-refractivity contribution >= 4 is 6.01 Å². The topological polar surface area (TPSA) is 78.6 Å². The minimum atomic E-state index is 0.372. The zero-order chi connectivity index (χ0) is 15.8. The lowest BCUT2D eigenvalue weighted by Crippen LogP contribution is -2.05. The summed E-state index contributed by atoms with van der Waals surface area (Å²) in [6.45, 7) is 4.10. The molecule has 1 N–H and O–H groups in total. The third-order valence-corrected chi connectivity index (χ3v) is 3.02. The van der Waals surface area contributed by atoms with Crippen LogP contribution in [0.4, 0.5) is 6.01 Å². The van der Waals surface area contributed by atoms with Crippen LogP contribution in [-0.4, -0.2) is 44.1 Å². The van der Waals surface area contributed by atoms with Crippen molar-refractivity contribution in [2.75, 3.05) is 39.3 Å². The number of benzene rings is 1.